The zero-order chi connectivity index (χ0) is 14.1. The molecule has 0 fully saturated rings. The van der Waals surface area contributed by atoms with Gasteiger partial charge >= 0.3 is 0 Å². The van der Waals surface area contributed by atoms with E-state index in [1.807, 2.05) is 0 Å². The number of fused-ring (bicyclic) bond motifs is 1. The van der Waals surface area contributed by atoms with Crippen LogP contribution in [0.2, 0.25) is 0 Å². The van der Waals surface area contributed by atoms with Crippen molar-refractivity contribution in [1.82, 2.24) is 0 Å². The maximum Gasteiger partial charge on any atom is -0.0159 e. The standard InChI is InChI=1S/C20H24/c1-14-4-6-17(7-5-14)8-9-18-10-11-20-16(3)15(2)12-19(20)13-18/h4-7,10-11,13,15-16H,8-9,12H2,1-3H3. The number of rotatable bonds is 3. The maximum atomic E-state index is 2.45. The van der Waals surface area contributed by atoms with Crippen LogP contribution in [0.15, 0.2) is 42.5 Å². The molecule has 0 aliphatic heterocycles. The summed E-state index contributed by atoms with van der Waals surface area (Å²) >= 11 is 0. The first-order chi connectivity index (χ1) is 9.63. The number of hydrogen-bond donors (Lipinski definition) is 0. The molecule has 0 aromatic heterocycles. The summed E-state index contributed by atoms with van der Waals surface area (Å²) in [7, 11) is 0. The maximum absolute atomic E-state index is 2.45. The molecule has 1 aliphatic carbocycles. The van der Waals surface area contributed by atoms with Gasteiger partial charge in [0.1, 0.15) is 0 Å². The molecule has 2 aromatic rings. The second-order valence-electron chi connectivity index (χ2n) is 6.49. The van der Waals surface area contributed by atoms with Crippen LogP contribution in [0.5, 0.6) is 0 Å². The summed E-state index contributed by atoms with van der Waals surface area (Å²) in [6.07, 6.45) is 3.55. The summed E-state index contributed by atoms with van der Waals surface area (Å²) in [5.41, 5.74) is 7.45. The summed E-state index contributed by atoms with van der Waals surface area (Å²) in [6, 6.07) is 16.1. The van der Waals surface area contributed by atoms with E-state index in [9.17, 15) is 0 Å². The Hall–Kier alpha value is -1.56. The highest BCUT2D eigenvalue weighted by molar-refractivity contribution is 5.39. The van der Waals surface area contributed by atoms with Crippen LogP contribution in [0.25, 0.3) is 0 Å². The Morgan fingerprint density at radius 2 is 1.55 bits per heavy atom. The fourth-order valence-electron chi connectivity index (χ4n) is 3.31. The van der Waals surface area contributed by atoms with E-state index in [4.69, 9.17) is 0 Å². The highest BCUT2D eigenvalue weighted by Crippen LogP contribution is 2.37. The minimum Gasteiger partial charge on any atom is -0.0616 e. The predicted octanol–water partition coefficient (Wildman–Crippen LogP) is 5.08. The molecule has 20 heavy (non-hydrogen) atoms. The molecule has 2 atom stereocenters. The Balaban J connectivity index is 1.70. The Bertz CT molecular complexity index is 592. The summed E-state index contributed by atoms with van der Waals surface area (Å²) in [5.74, 6) is 1.54. The van der Waals surface area contributed by atoms with Crippen molar-refractivity contribution in [3.63, 3.8) is 0 Å². The molecule has 0 spiro atoms. The first-order valence-electron chi connectivity index (χ1n) is 7.81. The quantitative estimate of drug-likeness (QED) is 0.725. The molecule has 104 valence electrons. The second kappa shape index (κ2) is 5.44. The predicted molar refractivity (Wildman–Crippen MR) is 86.3 cm³/mol. The van der Waals surface area contributed by atoms with E-state index in [1.165, 1.54) is 23.1 Å². The van der Waals surface area contributed by atoms with Crippen molar-refractivity contribution in [2.75, 3.05) is 0 Å². The molecule has 0 saturated carbocycles. The van der Waals surface area contributed by atoms with E-state index < -0.39 is 0 Å². The lowest BCUT2D eigenvalue weighted by atomic mass is 9.95. The highest BCUT2D eigenvalue weighted by Gasteiger charge is 2.25. The van der Waals surface area contributed by atoms with Gasteiger partial charge in [0, 0.05) is 0 Å². The molecule has 2 unspecified atom stereocenters. The van der Waals surface area contributed by atoms with Crippen LogP contribution >= 0.6 is 0 Å². The molecule has 0 N–H and O–H groups in total. The van der Waals surface area contributed by atoms with E-state index >= 15 is 0 Å². The first-order valence-corrected chi connectivity index (χ1v) is 7.81. The number of aryl methyl sites for hydroxylation is 3. The molecule has 0 heterocycles. The van der Waals surface area contributed by atoms with Crippen LogP contribution in [0.4, 0.5) is 0 Å². The number of hydrogen-bond acceptors (Lipinski definition) is 0. The Kier molecular flexibility index (Phi) is 3.65. The summed E-state index contributed by atoms with van der Waals surface area (Å²) in [5, 5.41) is 0. The molecule has 0 amide bonds. The van der Waals surface area contributed by atoms with Gasteiger partial charge in [0.15, 0.2) is 0 Å². The molecule has 0 nitrogen and oxygen atoms in total. The van der Waals surface area contributed by atoms with Gasteiger partial charge in [0.25, 0.3) is 0 Å². The van der Waals surface area contributed by atoms with Gasteiger partial charge in [-0.3, -0.25) is 0 Å². The van der Waals surface area contributed by atoms with Crippen LogP contribution in [0, 0.1) is 12.8 Å². The molecule has 3 rings (SSSR count). The van der Waals surface area contributed by atoms with Crippen LogP contribution in [-0.2, 0) is 19.3 Å². The van der Waals surface area contributed by atoms with Gasteiger partial charge in [-0.05, 0) is 60.3 Å². The second-order valence-corrected chi connectivity index (χ2v) is 6.49. The van der Waals surface area contributed by atoms with E-state index in [2.05, 4.69) is 63.2 Å². The van der Waals surface area contributed by atoms with Crippen molar-refractivity contribution in [1.29, 1.82) is 0 Å². The van der Waals surface area contributed by atoms with E-state index in [0.717, 1.165) is 24.7 Å². The van der Waals surface area contributed by atoms with E-state index in [1.54, 1.807) is 11.1 Å². The van der Waals surface area contributed by atoms with Crippen LogP contribution < -0.4 is 0 Å². The number of benzene rings is 2. The zero-order valence-corrected chi connectivity index (χ0v) is 12.8. The average molecular weight is 264 g/mol. The third-order valence-corrected chi connectivity index (χ3v) is 4.92. The lowest BCUT2D eigenvalue weighted by molar-refractivity contribution is 0.532. The molecule has 0 bridgehead atoms. The highest BCUT2D eigenvalue weighted by atomic mass is 14.3. The van der Waals surface area contributed by atoms with Crippen LogP contribution in [0.1, 0.15) is 47.6 Å². The molecule has 2 aromatic carbocycles. The van der Waals surface area contributed by atoms with Crippen molar-refractivity contribution in [3.8, 4) is 0 Å². The van der Waals surface area contributed by atoms with Crippen molar-refractivity contribution in [2.45, 2.75) is 46.0 Å². The fraction of sp³-hybridized carbons (Fsp3) is 0.400. The Labute approximate surface area is 122 Å². The molecule has 1 aliphatic rings. The smallest absolute Gasteiger partial charge is 0.0159 e. The SMILES string of the molecule is Cc1ccc(CCc2ccc3c(c2)CC(C)C3C)cc1. The van der Waals surface area contributed by atoms with E-state index in [0.29, 0.717) is 0 Å². The largest absolute Gasteiger partial charge is 0.0616 e. The average Bonchev–Trinajstić information content (AvgIpc) is 2.73. The molecular formula is C20H24. The van der Waals surface area contributed by atoms with Crippen molar-refractivity contribution < 1.29 is 0 Å². The van der Waals surface area contributed by atoms with E-state index in [-0.39, 0.29) is 0 Å². The Morgan fingerprint density at radius 3 is 2.30 bits per heavy atom. The topological polar surface area (TPSA) is 0 Å². The zero-order valence-electron chi connectivity index (χ0n) is 12.8. The van der Waals surface area contributed by atoms with Crippen molar-refractivity contribution >= 4 is 0 Å². The van der Waals surface area contributed by atoms with Gasteiger partial charge < -0.3 is 0 Å². The lowest BCUT2D eigenvalue weighted by Gasteiger charge is -2.09. The molecule has 0 heteroatoms. The third kappa shape index (κ3) is 2.65. The van der Waals surface area contributed by atoms with Gasteiger partial charge in [-0.25, -0.2) is 0 Å². The van der Waals surface area contributed by atoms with Gasteiger partial charge in [0.05, 0.1) is 0 Å². The molecular weight excluding hydrogens is 240 g/mol. The minimum atomic E-state index is 0.733. The van der Waals surface area contributed by atoms with Gasteiger partial charge in [-0.2, -0.15) is 0 Å². The van der Waals surface area contributed by atoms with Gasteiger partial charge in [-0.15, -0.1) is 0 Å². The molecule has 0 radical (unpaired) electrons. The fourth-order valence-corrected chi connectivity index (χ4v) is 3.31. The van der Waals surface area contributed by atoms with Crippen LogP contribution in [0.3, 0.4) is 0 Å². The summed E-state index contributed by atoms with van der Waals surface area (Å²) in [4.78, 5) is 0. The normalized spacial score (nSPS) is 20.9. The van der Waals surface area contributed by atoms with Gasteiger partial charge in [-0.1, -0.05) is 61.9 Å². The lowest BCUT2D eigenvalue weighted by Crippen LogP contribution is -1.97. The van der Waals surface area contributed by atoms with Gasteiger partial charge in [0.2, 0.25) is 0 Å². The van der Waals surface area contributed by atoms with Crippen molar-refractivity contribution in [3.05, 3.63) is 70.3 Å². The minimum absolute atomic E-state index is 0.733. The summed E-state index contributed by atoms with van der Waals surface area (Å²) < 4.78 is 0. The summed E-state index contributed by atoms with van der Waals surface area (Å²) in [6.45, 7) is 6.88. The Morgan fingerprint density at radius 1 is 0.900 bits per heavy atom. The first kappa shape index (κ1) is 13.4. The monoisotopic (exact) mass is 264 g/mol. The van der Waals surface area contributed by atoms with Crippen LogP contribution in [-0.4, -0.2) is 0 Å². The molecule has 0 saturated heterocycles. The third-order valence-electron chi connectivity index (χ3n) is 4.92. The van der Waals surface area contributed by atoms with Crippen molar-refractivity contribution in [2.24, 2.45) is 5.92 Å².